The molecule has 0 unspecified atom stereocenters. The highest BCUT2D eigenvalue weighted by atomic mass is 16.5. The normalized spacial score (nSPS) is 11.0. The predicted molar refractivity (Wildman–Crippen MR) is 106 cm³/mol. The van der Waals surface area contributed by atoms with Gasteiger partial charge in [0.05, 0.1) is 18.0 Å². The molecular weight excluding hydrogens is 324 g/mol. The minimum Gasteiger partial charge on any atom is -0.494 e. The molecule has 0 aliphatic carbocycles. The van der Waals surface area contributed by atoms with Gasteiger partial charge in [-0.2, -0.15) is 10.2 Å². The zero-order valence-electron chi connectivity index (χ0n) is 15.8. The smallest absolute Gasteiger partial charge is 0.162 e. The van der Waals surface area contributed by atoms with E-state index in [-0.39, 0.29) is 5.78 Å². The largest absolute Gasteiger partial charge is 0.494 e. The number of ketones is 1. The second kappa shape index (κ2) is 11.2. The molecule has 2 rings (SSSR count). The van der Waals surface area contributed by atoms with E-state index in [1.165, 1.54) is 25.7 Å². The monoisotopic (exact) mass is 352 g/mol. The van der Waals surface area contributed by atoms with E-state index in [1.807, 2.05) is 43.3 Å². The van der Waals surface area contributed by atoms with Crippen LogP contribution in [0.5, 0.6) is 5.75 Å². The first-order chi connectivity index (χ1) is 12.7. The molecule has 138 valence electrons. The van der Waals surface area contributed by atoms with Crippen molar-refractivity contribution in [2.45, 2.75) is 52.4 Å². The van der Waals surface area contributed by atoms with Gasteiger partial charge in [-0.3, -0.25) is 4.79 Å². The molecule has 4 heteroatoms. The third-order valence-corrected chi connectivity index (χ3v) is 4.14. The molecule has 0 spiro atoms. The summed E-state index contributed by atoms with van der Waals surface area (Å²) in [5, 5.41) is 8.44. The lowest BCUT2D eigenvalue weighted by atomic mass is 10.1. The molecule has 0 amide bonds. The number of benzene rings is 2. The lowest BCUT2D eigenvalue weighted by Crippen LogP contribution is -1.96. The maximum absolute atomic E-state index is 11.6. The van der Waals surface area contributed by atoms with Gasteiger partial charge < -0.3 is 4.74 Å². The molecular formula is C22H28N2O2. The van der Waals surface area contributed by atoms with Gasteiger partial charge in [0.25, 0.3) is 0 Å². The van der Waals surface area contributed by atoms with Crippen molar-refractivity contribution in [3.05, 3.63) is 54.1 Å². The predicted octanol–water partition coefficient (Wildman–Crippen LogP) is 7.04. The van der Waals surface area contributed by atoms with Gasteiger partial charge in [0.2, 0.25) is 0 Å². The van der Waals surface area contributed by atoms with Crippen LogP contribution in [0.4, 0.5) is 11.4 Å². The zero-order valence-corrected chi connectivity index (χ0v) is 15.8. The Labute approximate surface area is 156 Å². The summed E-state index contributed by atoms with van der Waals surface area (Å²) in [6.07, 6.45) is 6.68. The standard InChI is InChI=1S/C22H28N2O2/c1-3-5-6-7-8-17-26-21-15-13-20(14-16-21)24-23-19-11-9-18(10-12-19)22(25)4-2/h9-16H,3-8,17H2,1-2H3. The first kappa shape index (κ1) is 19.8. The van der Waals surface area contributed by atoms with Crippen molar-refractivity contribution in [1.29, 1.82) is 0 Å². The van der Waals surface area contributed by atoms with Gasteiger partial charge in [0.1, 0.15) is 5.75 Å². The Morgan fingerprint density at radius 1 is 0.808 bits per heavy atom. The van der Waals surface area contributed by atoms with Crippen molar-refractivity contribution in [2.75, 3.05) is 6.61 Å². The zero-order chi connectivity index (χ0) is 18.6. The van der Waals surface area contributed by atoms with Crippen LogP contribution in [0.15, 0.2) is 58.8 Å². The van der Waals surface area contributed by atoms with Crippen molar-refractivity contribution >= 4 is 17.2 Å². The number of ether oxygens (including phenoxy) is 1. The van der Waals surface area contributed by atoms with E-state index in [1.54, 1.807) is 12.1 Å². The minimum atomic E-state index is 0.134. The highest BCUT2D eigenvalue weighted by molar-refractivity contribution is 5.96. The Hall–Kier alpha value is -2.49. The topological polar surface area (TPSA) is 51.0 Å². The van der Waals surface area contributed by atoms with Crippen LogP contribution in [0.25, 0.3) is 0 Å². The van der Waals surface area contributed by atoms with Crippen molar-refractivity contribution in [2.24, 2.45) is 10.2 Å². The summed E-state index contributed by atoms with van der Waals surface area (Å²) in [5.74, 6) is 0.997. The molecule has 0 radical (unpaired) electrons. The van der Waals surface area contributed by atoms with Crippen molar-refractivity contribution < 1.29 is 9.53 Å². The quantitative estimate of drug-likeness (QED) is 0.247. The number of rotatable bonds is 11. The lowest BCUT2D eigenvalue weighted by Gasteiger charge is -2.06. The average molecular weight is 352 g/mol. The molecule has 2 aromatic carbocycles. The molecule has 4 nitrogen and oxygen atoms in total. The van der Waals surface area contributed by atoms with Gasteiger partial charge in [-0.1, -0.05) is 39.5 Å². The molecule has 0 N–H and O–H groups in total. The van der Waals surface area contributed by atoms with Crippen LogP contribution in [0.1, 0.15) is 62.7 Å². The fraction of sp³-hybridized carbons (Fsp3) is 0.409. The van der Waals surface area contributed by atoms with Gasteiger partial charge in [0, 0.05) is 12.0 Å². The maximum atomic E-state index is 11.6. The van der Waals surface area contributed by atoms with Gasteiger partial charge >= 0.3 is 0 Å². The highest BCUT2D eigenvalue weighted by Gasteiger charge is 2.02. The summed E-state index contributed by atoms with van der Waals surface area (Å²) in [7, 11) is 0. The maximum Gasteiger partial charge on any atom is 0.162 e. The number of Topliss-reactive ketones (excluding diaryl/α,β-unsaturated/α-hetero) is 1. The molecule has 0 heterocycles. The summed E-state index contributed by atoms with van der Waals surface area (Å²) >= 11 is 0. The lowest BCUT2D eigenvalue weighted by molar-refractivity contribution is 0.0988. The Balaban J connectivity index is 1.81. The van der Waals surface area contributed by atoms with E-state index >= 15 is 0 Å². The van der Waals surface area contributed by atoms with E-state index in [9.17, 15) is 4.79 Å². The molecule has 2 aromatic rings. The van der Waals surface area contributed by atoms with E-state index in [0.717, 1.165) is 30.2 Å². The summed E-state index contributed by atoms with van der Waals surface area (Å²) in [6, 6.07) is 14.8. The second-order valence-electron chi connectivity index (χ2n) is 6.28. The van der Waals surface area contributed by atoms with E-state index in [4.69, 9.17) is 4.74 Å². The van der Waals surface area contributed by atoms with E-state index in [2.05, 4.69) is 17.2 Å². The molecule has 0 saturated carbocycles. The van der Waals surface area contributed by atoms with Crippen LogP contribution in [0.3, 0.4) is 0 Å². The van der Waals surface area contributed by atoms with Crippen LogP contribution >= 0.6 is 0 Å². The number of unbranched alkanes of at least 4 members (excludes halogenated alkanes) is 4. The summed E-state index contributed by atoms with van der Waals surface area (Å²) in [4.78, 5) is 11.6. The number of carbonyl (C=O) groups excluding carboxylic acids is 1. The van der Waals surface area contributed by atoms with Crippen LogP contribution < -0.4 is 4.74 Å². The minimum absolute atomic E-state index is 0.134. The Morgan fingerprint density at radius 2 is 1.38 bits per heavy atom. The molecule has 0 aliphatic heterocycles. The van der Waals surface area contributed by atoms with Crippen LogP contribution in [-0.2, 0) is 0 Å². The van der Waals surface area contributed by atoms with Crippen LogP contribution in [0.2, 0.25) is 0 Å². The molecule has 0 fully saturated rings. The van der Waals surface area contributed by atoms with Gasteiger partial charge in [-0.25, -0.2) is 0 Å². The average Bonchev–Trinajstić information content (AvgIpc) is 2.69. The summed E-state index contributed by atoms with van der Waals surface area (Å²) < 4.78 is 5.75. The second-order valence-corrected chi connectivity index (χ2v) is 6.28. The number of nitrogens with zero attached hydrogens (tertiary/aromatic N) is 2. The van der Waals surface area contributed by atoms with Crippen LogP contribution in [-0.4, -0.2) is 12.4 Å². The van der Waals surface area contributed by atoms with Gasteiger partial charge in [-0.05, 0) is 55.0 Å². The highest BCUT2D eigenvalue weighted by Crippen LogP contribution is 2.22. The third kappa shape index (κ3) is 6.79. The number of hydrogen-bond acceptors (Lipinski definition) is 4. The SMILES string of the molecule is CCCCCCCOc1ccc(N=Nc2ccc(C(=O)CC)cc2)cc1. The van der Waals surface area contributed by atoms with Gasteiger partial charge in [-0.15, -0.1) is 0 Å². The summed E-state index contributed by atoms with van der Waals surface area (Å²) in [5.41, 5.74) is 2.21. The van der Waals surface area contributed by atoms with Crippen LogP contribution in [0, 0.1) is 0 Å². The van der Waals surface area contributed by atoms with E-state index in [0.29, 0.717) is 12.0 Å². The molecule has 0 aliphatic rings. The first-order valence-electron chi connectivity index (χ1n) is 9.50. The fourth-order valence-electron chi connectivity index (χ4n) is 2.54. The van der Waals surface area contributed by atoms with Crippen molar-refractivity contribution in [3.8, 4) is 5.75 Å². The number of azo groups is 1. The molecule has 0 atom stereocenters. The Bertz CT molecular complexity index is 691. The van der Waals surface area contributed by atoms with Crippen molar-refractivity contribution in [1.82, 2.24) is 0 Å². The van der Waals surface area contributed by atoms with E-state index < -0.39 is 0 Å². The molecule has 0 aromatic heterocycles. The molecule has 0 saturated heterocycles. The number of carbonyl (C=O) groups is 1. The van der Waals surface area contributed by atoms with Gasteiger partial charge in [0.15, 0.2) is 5.78 Å². The number of hydrogen-bond donors (Lipinski definition) is 0. The molecule has 26 heavy (non-hydrogen) atoms. The Morgan fingerprint density at radius 3 is 1.96 bits per heavy atom. The fourth-order valence-corrected chi connectivity index (χ4v) is 2.54. The Kier molecular flexibility index (Phi) is 8.53. The molecule has 0 bridgehead atoms. The third-order valence-electron chi connectivity index (χ3n) is 4.14. The first-order valence-corrected chi connectivity index (χ1v) is 9.50. The summed E-state index contributed by atoms with van der Waals surface area (Å²) in [6.45, 7) is 4.83. The van der Waals surface area contributed by atoms with Crippen molar-refractivity contribution in [3.63, 3.8) is 0 Å².